The molecule has 0 aromatic carbocycles. The summed E-state index contributed by atoms with van der Waals surface area (Å²) in [6.07, 6.45) is 2.68. The van der Waals surface area contributed by atoms with E-state index in [0.717, 1.165) is 17.0 Å². The number of hydrogen-bond donors (Lipinski definition) is 1. The van der Waals surface area contributed by atoms with Gasteiger partial charge in [0.1, 0.15) is 0 Å². The Morgan fingerprint density at radius 3 is 2.64 bits per heavy atom. The standard InChI is InChI=1S/C17H23FN2OS/c1-10(2)8-11(3)15-13(6-7-22-15)19-17(21)14-12(4)9-20(5)16(14)18/h6-7,9-11H,8H2,1-5H3,(H,19,21). The number of carbonyl (C=O) groups excluding carboxylic acids is 1. The number of nitrogens with one attached hydrogen (secondary N) is 1. The summed E-state index contributed by atoms with van der Waals surface area (Å²) in [7, 11) is 1.60. The molecular formula is C17H23FN2OS. The summed E-state index contributed by atoms with van der Waals surface area (Å²) in [4.78, 5) is 13.6. The number of amides is 1. The predicted molar refractivity (Wildman–Crippen MR) is 90.3 cm³/mol. The van der Waals surface area contributed by atoms with Gasteiger partial charge in [-0.3, -0.25) is 4.79 Å². The van der Waals surface area contributed by atoms with Crippen molar-refractivity contribution < 1.29 is 9.18 Å². The number of nitrogens with zero attached hydrogens (tertiary/aromatic N) is 1. The maximum absolute atomic E-state index is 14.0. The molecule has 0 aliphatic carbocycles. The van der Waals surface area contributed by atoms with Crippen LogP contribution in [0.15, 0.2) is 17.6 Å². The SMILES string of the molecule is Cc1cn(C)c(F)c1C(=O)Nc1ccsc1C(C)CC(C)C. The van der Waals surface area contributed by atoms with Crippen LogP contribution in [0.3, 0.4) is 0 Å². The molecule has 2 heterocycles. The van der Waals surface area contributed by atoms with E-state index in [2.05, 4.69) is 26.1 Å². The number of aromatic nitrogens is 1. The van der Waals surface area contributed by atoms with Gasteiger partial charge in [-0.15, -0.1) is 11.3 Å². The minimum Gasteiger partial charge on any atom is -0.327 e. The van der Waals surface area contributed by atoms with Gasteiger partial charge >= 0.3 is 0 Å². The molecule has 1 unspecified atom stereocenters. The Labute approximate surface area is 135 Å². The van der Waals surface area contributed by atoms with Crippen LogP contribution in [0.5, 0.6) is 0 Å². The van der Waals surface area contributed by atoms with Gasteiger partial charge in [-0.05, 0) is 42.2 Å². The summed E-state index contributed by atoms with van der Waals surface area (Å²) in [5.41, 5.74) is 1.56. The average molecular weight is 322 g/mol. The van der Waals surface area contributed by atoms with E-state index in [1.807, 2.05) is 11.4 Å². The molecule has 2 aromatic rings. The largest absolute Gasteiger partial charge is 0.327 e. The molecule has 0 fully saturated rings. The van der Waals surface area contributed by atoms with Crippen LogP contribution in [-0.4, -0.2) is 10.5 Å². The van der Waals surface area contributed by atoms with Crippen molar-refractivity contribution in [3.63, 3.8) is 0 Å². The first-order chi connectivity index (χ1) is 10.3. The average Bonchev–Trinajstić information content (AvgIpc) is 2.94. The number of thiophene rings is 1. The first-order valence-corrected chi connectivity index (χ1v) is 8.39. The maximum Gasteiger partial charge on any atom is 0.260 e. The summed E-state index contributed by atoms with van der Waals surface area (Å²) in [6, 6.07) is 1.89. The molecule has 2 rings (SSSR count). The fraction of sp³-hybridized carbons (Fsp3) is 0.471. The van der Waals surface area contributed by atoms with Gasteiger partial charge in [-0.2, -0.15) is 4.39 Å². The molecule has 2 aromatic heterocycles. The second kappa shape index (κ2) is 6.65. The molecule has 120 valence electrons. The third-order valence-corrected chi connectivity index (χ3v) is 4.89. The van der Waals surface area contributed by atoms with Crippen molar-refractivity contribution in [1.82, 2.24) is 4.57 Å². The van der Waals surface area contributed by atoms with Crippen LogP contribution in [0.4, 0.5) is 10.1 Å². The van der Waals surface area contributed by atoms with E-state index in [9.17, 15) is 9.18 Å². The van der Waals surface area contributed by atoms with Gasteiger partial charge in [0.25, 0.3) is 5.91 Å². The van der Waals surface area contributed by atoms with E-state index in [-0.39, 0.29) is 11.5 Å². The van der Waals surface area contributed by atoms with Crippen molar-refractivity contribution in [2.75, 3.05) is 5.32 Å². The highest BCUT2D eigenvalue weighted by atomic mass is 32.1. The minimum atomic E-state index is -0.498. The van der Waals surface area contributed by atoms with Gasteiger partial charge in [0.2, 0.25) is 5.95 Å². The van der Waals surface area contributed by atoms with E-state index < -0.39 is 5.95 Å². The Hall–Kier alpha value is -1.62. The molecule has 1 amide bonds. The predicted octanol–water partition coefficient (Wildman–Crippen LogP) is 4.94. The lowest BCUT2D eigenvalue weighted by atomic mass is 9.97. The van der Waals surface area contributed by atoms with Crippen molar-refractivity contribution in [2.24, 2.45) is 13.0 Å². The highest BCUT2D eigenvalue weighted by Gasteiger charge is 2.21. The normalized spacial score (nSPS) is 12.7. The second-order valence-corrected chi connectivity index (χ2v) is 7.22. The summed E-state index contributed by atoms with van der Waals surface area (Å²) >= 11 is 1.64. The third kappa shape index (κ3) is 3.40. The Bertz CT molecular complexity index is 672. The molecule has 0 saturated carbocycles. The van der Waals surface area contributed by atoms with E-state index >= 15 is 0 Å². The molecule has 1 N–H and O–H groups in total. The smallest absolute Gasteiger partial charge is 0.260 e. The van der Waals surface area contributed by atoms with Gasteiger partial charge in [0, 0.05) is 18.1 Å². The highest BCUT2D eigenvalue weighted by molar-refractivity contribution is 7.10. The fourth-order valence-corrected chi connectivity index (χ4v) is 3.75. The highest BCUT2D eigenvalue weighted by Crippen LogP contribution is 2.34. The Morgan fingerprint density at radius 1 is 1.41 bits per heavy atom. The fourth-order valence-electron chi connectivity index (χ4n) is 2.83. The molecule has 0 saturated heterocycles. The molecule has 0 spiro atoms. The molecule has 22 heavy (non-hydrogen) atoms. The molecule has 3 nitrogen and oxygen atoms in total. The van der Waals surface area contributed by atoms with E-state index in [1.54, 1.807) is 31.5 Å². The zero-order valence-corrected chi connectivity index (χ0v) is 14.6. The lowest BCUT2D eigenvalue weighted by molar-refractivity contribution is 0.102. The molecule has 0 aliphatic rings. The quantitative estimate of drug-likeness (QED) is 0.831. The van der Waals surface area contributed by atoms with E-state index in [0.29, 0.717) is 17.4 Å². The Kier molecular flexibility index (Phi) is 5.06. The van der Waals surface area contributed by atoms with Crippen LogP contribution < -0.4 is 5.32 Å². The summed E-state index contributed by atoms with van der Waals surface area (Å²) in [5, 5.41) is 4.84. The molecule has 0 aliphatic heterocycles. The van der Waals surface area contributed by atoms with Crippen molar-refractivity contribution in [3.05, 3.63) is 39.6 Å². The van der Waals surface area contributed by atoms with Crippen LogP contribution in [0.1, 0.15) is 53.9 Å². The topological polar surface area (TPSA) is 34.0 Å². The maximum atomic E-state index is 14.0. The van der Waals surface area contributed by atoms with Crippen molar-refractivity contribution in [2.45, 2.75) is 40.0 Å². The minimum absolute atomic E-state index is 0.121. The van der Waals surface area contributed by atoms with E-state index in [1.165, 1.54) is 4.57 Å². The lowest BCUT2D eigenvalue weighted by Crippen LogP contribution is -2.15. The van der Waals surface area contributed by atoms with Crippen LogP contribution in [0, 0.1) is 18.8 Å². The van der Waals surface area contributed by atoms with Crippen molar-refractivity contribution in [1.29, 1.82) is 0 Å². The van der Waals surface area contributed by atoms with Gasteiger partial charge in [0.15, 0.2) is 0 Å². The van der Waals surface area contributed by atoms with E-state index in [4.69, 9.17) is 0 Å². The number of carbonyl (C=O) groups is 1. The van der Waals surface area contributed by atoms with Gasteiger partial charge in [-0.1, -0.05) is 20.8 Å². The molecule has 0 bridgehead atoms. The number of aryl methyl sites for hydroxylation is 2. The summed E-state index contributed by atoms with van der Waals surface area (Å²) in [6.45, 7) is 8.28. The Balaban J connectivity index is 2.21. The first-order valence-electron chi connectivity index (χ1n) is 7.51. The van der Waals surface area contributed by atoms with Crippen molar-refractivity contribution in [3.8, 4) is 0 Å². The van der Waals surface area contributed by atoms with Gasteiger partial charge in [-0.25, -0.2) is 0 Å². The molecule has 0 radical (unpaired) electrons. The van der Waals surface area contributed by atoms with Crippen LogP contribution >= 0.6 is 11.3 Å². The third-order valence-electron chi connectivity index (χ3n) is 3.74. The van der Waals surface area contributed by atoms with Crippen molar-refractivity contribution >= 4 is 22.9 Å². The Morgan fingerprint density at radius 2 is 2.09 bits per heavy atom. The number of halogens is 1. The van der Waals surface area contributed by atoms with Crippen LogP contribution in [0.25, 0.3) is 0 Å². The number of hydrogen-bond acceptors (Lipinski definition) is 2. The zero-order chi connectivity index (χ0) is 16.4. The van der Waals surface area contributed by atoms with Gasteiger partial charge in [0.05, 0.1) is 11.3 Å². The van der Waals surface area contributed by atoms with Crippen LogP contribution in [0.2, 0.25) is 0 Å². The lowest BCUT2D eigenvalue weighted by Gasteiger charge is -2.15. The molecule has 1 atom stereocenters. The summed E-state index contributed by atoms with van der Waals surface area (Å²) in [5.74, 6) is 0.0838. The number of anilines is 1. The summed E-state index contributed by atoms with van der Waals surface area (Å²) < 4.78 is 15.4. The van der Waals surface area contributed by atoms with Crippen LogP contribution in [-0.2, 0) is 7.05 Å². The monoisotopic (exact) mass is 322 g/mol. The molecule has 5 heteroatoms. The number of rotatable bonds is 5. The first kappa shape index (κ1) is 16.7. The van der Waals surface area contributed by atoms with Gasteiger partial charge < -0.3 is 9.88 Å². The molecular weight excluding hydrogens is 299 g/mol. The zero-order valence-electron chi connectivity index (χ0n) is 13.7. The second-order valence-electron chi connectivity index (χ2n) is 6.27.